The van der Waals surface area contributed by atoms with Crippen LogP contribution in [0.2, 0.25) is 0 Å². The molecule has 0 bridgehead atoms. The van der Waals surface area contributed by atoms with E-state index >= 15 is 0 Å². The second kappa shape index (κ2) is 58.6. The van der Waals surface area contributed by atoms with E-state index in [4.69, 9.17) is 14.2 Å². The molecule has 0 saturated heterocycles. The van der Waals surface area contributed by atoms with Crippen molar-refractivity contribution in [3.05, 3.63) is 109 Å². The van der Waals surface area contributed by atoms with Crippen LogP contribution in [0.1, 0.15) is 265 Å². The number of ether oxygens (including phenoxy) is 3. The lowest BCUT2D eigenvalue weighted by molar-refractivity contribution is -0.167. The van der Waals surface area contributed by atoms with Crippen molar-refractivity contribution in [1.29, 1.82) is 0 Å². The zero-order valence-corrected chi connectivity index (χ0v) is 46.2. The standard InChI is InChI=1S/C65H108O6/c1-4-7-10-13-16-19-22-25-28-31-32-35-37-40-43-46-49-52-55-58-64(67)70-61-62(71-65(68)59-56-53-50-47-44-41-38-34-30-27-24-21-18-15-12-9-6-3)60-69-63(66)57-54-51-48-45-42-39-36-33-29-26-23-20-17-14-11-8-5-2/h9,12,17-18,20-21,26-27,29-32,36,38-39,41,47,50,62H,4-8,10-11,13-16,19,22-25,28,33-35,37,40,42-46,48-49,51-61H2,1-3H3/b12-9-,20-17-,21-18-,29-26-,30-27-,32-31-,39-36-,41-38-,50-47-/t62-/m1/s1. The predicted octanol–water partition coefficient (Wildman–Crippen LogP) is 19.9. The summed E-state index contributed by atoms with van der Waals surface area (Å²) in [6.07, 6.45) is 79.4. The smallest absolute Gasteiger partial charge is 0.306 e. The molecule has 0 heterocycles. The molecule has 0 N–H and O–H groups in total. The number of allylic oxidation sites excluding steroid dienone is 18. The van der Waals surface area contributed by atoms with Gasteiger partial charge in [-0.25, -0.2) is 0 Å². The van der Waals surface area contributed by atoms with Crippen LogP contribution in [0.15, 0.2) is 109 Å². The topological polar surface area (TPSA) is 78.9 Å². The molecule has 0 spiro atoms. The van der Waals surface area contributed by atoms with Gasteiger partial charge in [0.1, 0.15) is 13.2 Å². The van der Waals surface area contributed by atoms with Gasteiger partial charge in [0.15, 0.2) is 6.10 Å². The molecule has 0 amide bonds. The summed E-state index contributed by atoms with van der Waals surface area (Å²) in [5.74, 6) is -0.995. The van der Waals surface area contributed by atoms with E-state index in [2.05, 4.69) is 130 Å². The molecule has 404 valence electrons. The Bertz CT molecular complexity index is 1460. The van der Waals surface area contributed by atoms with E-state index in [-0.39, 0.29) is 37.5 Å². The summed E-state index contributed by atoms with van der Waals surface area (Å²) in [7, 11) is 0. The molecule has 0 rings (SSSR count). The van der Waals surface area contributed by atoms with Crippen molar-refractivity contribution in [3.8, 4) is 0 Å². The summed E-state index contributed by atoms with van der Waals surface area (Å²) >= 11 is 0. The number of carbonyl (C=O) groups is 3. The molecule has 0 aliphatic rings. The predicted molar refractivity (Wildman–Crippen MR) is 307 cm³/mol. The van der Waals surface area contributed by atoms with Crippen molar-refractivity contribution >= 4 is 17.9 Å². The van der Waals surface area contributed by atoms with Crippen LogP contribution in [0, 0.1) is 0 Å². The lowest BCUT2D eigenvalue weighted by atomic mass is 10.1. The van der Waals surface area contributed by atoms with Crippen LogP contribution >= 0.6 is 0 Å². The van der Waals surface area contributed by atoms with E-state index in [1.165, 1.54) is 116 Å². The first-order valence-electron chi connectivity index (χ1n) is 29.4. The molecule has 6 heteroatoms. The third-order valence-corrected chi connectivity index (χ3v) is 12.2. The van der Waals surface area contributed by atoms with Crippen molar-refractivity contribution in [3.63, 3.8) is 0 Å². The Morgan fingerprint density at radius 1 is 0.296 bits per heavy atom. The van der Waals surface area contributed by atoms with E-state index in [1.807, 2.05) is 0 Å². The van der Waals surface area contributed by atoms with Crippen molar-refractivity contribution < 1.29 is 28.6 Å². The van der Waals surface area contributed by atoms with Gasteiger partial charge in [-0.2, -0.15) is 0 Å². The highest BCUT2D eigenvalue weighted by molar-refractivity contribution is 5.71. The average molecular weight is 986 g/mol. The van der Waals surface area contributed by atoms with Crippen molar-refractivity contribution in [1.82, 2.24) is 0 Å². The number of hydrogen-bond acceptors (Lipinski definition) is 6. The summed E-state index contributed by atoms with van der Waals surface area (Å²) < 4.78 is 16.8. The monoisotopic (exact) mass is 985 g/mol. The molecule has 0 saturated carbocycles. The van der Waals surface area contributed by atoms with Crippen molar-refractivity contribution in [2.75, 3.05) is 13.2 Å². The lowest BCUT2D eigenvalue weighted by Crippen LogP contribution is -2.30. The summed E-state index contributed by atoms with van der Waals surface area (Å²) in [5.41, 5.74) is 0. The molecule has 0 aliphatic heterocycles. The second-order valence-corrected chi connectivity index (χ2v) is 19.2. The molecule has 0 radical (unpaired) electrons. The maximum absolute atomic E-state index is 12.8. The van der Waals surface area contributed by atoms with E-state index in [0.717, 1.165) is 103 Å². The van der Waals surface area contributed by atoms with Gasteiger partial charge < -0.3 is 14.2 Å². The fourth-order valence-corrected chi connectivity index (χ4v) is 7.83. The molecule has 0 aromatic carbocycles. The normalized spacial score (nSPS) is 12.9. The van der Waals surface area contributed by atoms with Gasteiger partial charge >= 0.3 is 17.9 Å². The third-order valence-electron chi connectivity index (χ3n) is 12.2. The van der Waals surface area contributed by atoms with Gasteiger partial charge in [0.2, 0.25) is 0 Å². The Kier molecular flexibility index (Phi) is 55.4. The third kappa shape index (κ3) is 56.9. The second-order valence-electron chi connectivity index (χ2n) is 19.2. The largest absolute Gasteiger partial charge is 0.462 e. The van der Waals surface area contributed by atoms with Crippen LogP contribution in [0.25, 0.3) is 0 Å². The first kappa shape index (κ1) is 67.1. The molecule has 0 aliphatic carbocycles. The van der Waals surface area contributed by atoms with Crippen LogP contribution < -0.4 is 0 Å². The minimum atomic E-state index is -0.822. The number of esters is 3. The van der Waals surface area contributed by atoms with E-state index in [9.17, 15) is 14.4 Å². The molecule has 0 aromatic heterocycles. The van der Waals surface area contributed by atoms with E-state index in [1.54, 1.807) is 0 Å². The SMILES string of the molecule is CC/C=C\C/C=C\C/C=C\C/C=C\C/C=C\CCCC(=O)O[C@H](COC(=O)CCCCCC/C=C\C/C=C\C/C=C\CCCCC)COC(=O)CCCCCCCCC/C=C\CCCCCCCCCC. The first-order valence-corrected chi connectivity index (χ1v) is 29.4. The highest BCUT2D eigenvalue weighted by atomic mass is 16.6. The van der Waals surface area contributed by atoms with Gasteiger partial charge in [0, 0.05) is 19.3 Å². The Balaban J connectivity index is 4.51. The Morgan fingerprint density at radius 2 is 0.563 bits per heavy atom. The maximum atomic E-state index is 12.8. The number of hydrogen-bond donors (Lipinski definition) is 0. The van der Waals surface area contributed by atoms with Crippen LogP contribution in [0.4, 0.5) is 0 Å². The highest BCUT2D eigenvalue weighted by Crippen LogP contribution is 2.14. The summed E-state index contributed by atoms with van der Waals surface area (Å²) in [4.78, 5) is 38.2. The first-order chi connectivity index (χ1) is 35.0. The number of rotatable bonds is 52. The van der Waals surface area contributed by atoms with Crippen LogP contribution in [-0.4, -0.2) is 37.2 Å². The van der Waals surface area contributed by atoms with Gasteiger partial charge in [-0.3, -0.25) is 14.4 Å². The Morgan fingerprint density at radius 3 is 0.944 bits per heavy atom. The van der Waals surface area contributed by atoms with Gasteiger partial charge in [-0.05, 0) is 122 Å². The van der Waals surface area contributed by atoms with Gasteiger partial charge in [0.05, 0.1) is 0 Å². The highest BCUT2D eigenvalue weighted by Gasteiger charge is 2.19. The zero-order valence-electron chi connectivity index (χ0n) is 46.2. The summed E-state index contributed by atoms with van der Waals surface area (Å²) in [6, 6.07) is 0. The van der Waals surface area contributed by atoms with Crippen molar-refractivity contribution in [2.45, 2.75) is 271 Å². The lowest BCUT2D eigenvalue weighted by Gasteiger charge is -2.18. The quantitative estimate of drug-likeness (QED) is 0.0261. The van der Waals surface area contributed by atoms with Crippen molar-refractivity contribution in [2.24, 2.45) is 0 Å². The van der Waals surface area contributed by atoms with Gasteiger partial charge in [-0.15, -0.1) is 0 Å². The molecule has 6 nitrogen and oxygen atoms in total. The fraction of sp³-hybridized carbons (Fsp3) is 0.677. The summed E-state index contributed by atoms with van der Waals surface area (Å²) in [6.45, 7) is 6.43. The van der Waals surface area contributed by atoms with Crippen LogP contribution in [0.5, 0.6) is 0 Å². The maximum Gasteiger partial charge on any atom is 0.306 e. The van der Waals surface area contributed by atoms with Crippen LogP contribution in [-0.2, 0) is 28.6 Å². The molecule has 1 atom stereocenters. The molecular weight excluding hydrogens is 877 g/mol. The average Bonchev–Trinajstić information content (AvgIpc) is 3.37. The zero-order chi connectivity index (χ0) is 51.4. The molecule has 0 unspecified atom stereocenters. The molecule has 71 heavy (non-hydrogen) atoms. The van der Waals surface area contributed by atoms with E-state index in [0.29, 0.717) is 19.3 Å². The molecule has 0 fully saturated rings. The van der Waals surface area contributed by atoms with E-state index < -0.39 is 6.10 Å². The van der Waals surface area contributed by atoms with Crippen LogP contribution in [0.3, 0.4) is 0 Å². The fourth-order valence-electron chi connectivity index (χ4n) is 7.83. The minimum absolute atomic E-state index is 0.111. The Labute approximate surface area is 438 Å². The molecule has 0 aromatic rings. The number of unbranched alkanes of at least 4 members (excludes halogenated alkanes) is 23. The van der Waals surface area contributed by atoms with Gasteiger partial charge in [-0.1, -0.05) is 233 Å². The Hall–Kier alpha value is -3.93. The summed E-state index contributed by atoms with van der Waals surface area (Å²) in [5, 5.41) is 0. The number of carbonyl (C=O) groups excluding carboxylic acids is 3. The minimum Gasteiger partial charge on any atom is -0.462 e. The molecular formula is C65H108O6. The van der Waals surface area contributed by atoms with Gasteiger partial charge in [0.25, 0.3) is 0 Å².